The number of sulfonamides is 1. The molecule has 0 saturated heterocycles. The second kappa shape index (κ2) is 7.15. The normalized spacial score (nSPS) is 12.3. The van der Waals surface area contributed by atoms with Crippen molar-refractivity contribution in [1.29, 1.82) is 0 Å². The molecule has 0 bridgehead atoms. The zero-order valence-electron chi connectivity index (χ0n) is 12.5. The van der Waals surface area contributed by atoms with Gasteiger partial charge >= 0.3 is 0 Å². The van der Waals surface area contributed by atoms with Crippen LogP contribution in [0.1, 0.15) is 33.3 Å². The highest BCUT2D eigenvalue weighted by molar-refractivity contribution is 7.89. The molecule has 114 valence electrons. The molecule has 0 fully saturated rings. The van der Waals surface area contributed by atoms with Gasteiger partial charge in [0.2, 0.25) is 10.0 Å². The van der Waals surface area contributed by atoms with Crippen molar-refractivity contribution in [1.82, 2.24) is 9.62 Å². The highest BCUT2D eigenvalue weighted by Crippen LogP contribution is 2.22. The van der Waals surface area contributed by atoms with Crippen LogP contribution in [0.4, 0.5) is 4.39 Å². The van der Waals surface area contributed by atoms with E-state index in [9.17, 15) is 12.8 Å². The van der Waals surface area contributed by atoms with Crippen LogP contribution in [0, 0.1) is 5.82 Å². The Labute approximate surface area is 121 Å². The molecule has 0 spiro atoms. The minimum Gasteiger partial charge on any atom is -0.313 e. The summed E-state index contributed by atoms with van der Waals surface area (Å²) < 4.78 is 40.2. The first-order chi connectivity index (χ1) is 9.34. The highest BCUT2D eigenvalue weighted by atomic mass is 32.2. The van der Waals surface area contributed by atoms with Crippen molar-refractivity contribution >= 4 is 10.0 Å². The Balaban J connectivity index is 3.22. The molecule has 0 aliphatic carbocycles. The van der Waals surface area contributed by atoms with Gasteiger partial charge in [0.1, 0.15) is 10.7 Å². The molecule has 0 aliphatic heterocycles. The van der Waals surface area contributed by atoms with E-state index < -0.39 is 15.8 Å². The predicted molar refractivity (Wildman–Crippen MR) is 78.5 cm³/mol. The maximum absolute atomic E-state index is 13.9. The second-order valence-electron chi connectivity index (χ2n) is 4.85. The smallest absolute Gasteiger partial charge is 0.246 e. The van der Waals surface area contributed by atoms with Crippen LogP contribution in [-0.4, -0.2) is 31.9 Å². The van der Waals surface area contributed by atoms with E-state index in [0.29, 0.717) is 13.1 Å². The Hall–Kier alpha value is -0.980. The standard InChI is InChI=1S/C14H23FN2O2S/c1-5-16-10-12-7-8-13(15)14(9-12)20(18,19)17(6-2)11(3)4/h7-9,11,16H,5-6,10H2,1-4H3. The van der Waals surface area contributed by atoms with Crippen molar-refractivity contribution in [2.45, 2.75) is 45.2 Å². The lowest BCUT2D eigenvalue weighted by molar-refractivity contribution is 0.366. The first kappa shape index (κ1) is 17.1. The zero-order valence-corrected chi connectivity index (χ0v) is 13.3. The van der Waals surface area contributed by atoms with Crippen LogP contribution < -0.4 is 5.32 Å². The van der Waals surface area contributed by atoms with Gasteiger partial charge in [-0.25, -0.2) is 12.8 Å². The van der Waals surface area contributed by atoms with Crippen molar-refractivity contribution in [2.75, 3.05) is 13.1 Å². The molecule has 0 aromatic heterocycles. The number of hydrogen-bond acceptors (Lipinski definition) is 3. The molecule has 0 aliphatic rings. The molecule has 0 saturated carbocycles. The van der Waals surface area contributed by atoms with Gasteiger partial charge in [0, 0.05) is 19.1 Å². The van der Waals surface area contributed by atoms with Crippen LogP contribution in [0.3, 0.4) is 0 Å². The average molecular weight is 302 g/mol. The number of rotatable bonds is 7. The minimum absolute atomic E-state index is 0.207. The Morgan fingerprint density at radius 1 is 1.30 bits per heavy atom. The Bertz CT molecular complexity index is 544. The van der Waals surface area contributed by atoms with Gasteiger partial charge in [-0.3, -0.25) is 0 Å². The van der Waals surface area contributed by atoms with E-state index in [4.69, 9.17) is 0 Å². The number of halogens is 1. The summed E-state index contributed by atoms with van der Waals surface area (Å²) in [7, 11) is -3.80. The summed E-state index contributed by atoms with van der Waals surface area (Å²) in [6.07, 6.45) is 0. The van der Waals surface area contributed by atoms with Gasteiger partial charge in [-0.15, -0.1) is 0 Å². The SMILES string of the molecule is CCNCc1ccc(F)c(S(=O)(=O)N(CC)C(C)C)c1. The van der Waals surface area contributed by atoms with E-state index in [1.54, 1.807) is 26.8 Å². The molecule has 4 nitrogen and oxygen atoms in total. The summed E-state index contributed by atoms with van der Waals surface area (Å²) >= 11 is 0. The van der Waals surface area contributed by atoms with Gasteiger partial charge in [0.25, 0.3) is 0 Å². The molecule has 1 aromatic rings. The molecule has 0 atom stereocenters. The second-order valence-corrected chi connectivity index (χ2v) is 6.71. The molecule has 6 heteroatoms. The first-order valence-electron chi connectivity index (χ1n) is 6.85. The fourth-order valence-corrected chi connectivity index (χ4v) is 3.83. The van der Waals surface area contributed by atoms with Crippen molar-refractivity contribution < 1.29 is 12.8 Å². The fraction of sp³-hybridized carbons (Fsp3) is 0.571. The predicted octanol–water partition coefficient (Wildman–Crippen LogP) is 2.35. The van der Waals surface area contributed by atoms with Crippen LogP contribution >= 0.6 is 0 Å². The number of benzene rings is 1. The maximum Gasteiger partial charge on any atom is 0.246 e. The third kappa shape index (κ3) is 3.77. The summed E-state index contributed by atoms with van der Waals surface area (Å²) in [6, 6.07) is 4.02. The molecule has 0 heterocycles. The molecule has 1 rings (SSSR count). The fourth-order valence-electron chi connectivity index (χ4n) is 2.06. The number of nitrogens with zero attached hydrogens (tertiary/aromatic N) is 1. The Morgan fingerprint density at radius 3 is 2.45 bits per heavy atom. The first-order valence-corrected chi connectivity index (χ1v) is 8.29. The van der Waals surface area contributed by atoms with E-state index in [1.165, 1.54) is 16.4 Å². The Morgan fingerprint density at radius 2 is 1.95 bits per heavy atom. The van der Waals surface area contributed by atoms with E-state index >= 15 is 0 Å². The van der Waals surface area contributed by atoms with E-state index in [-0.39, 0.29) is 10.9 Å². The van der Waals surface area contributed by atoms with Gasteiger partial charge in [0.05, 0.1) is 0 Å². The molecule has 1 aromatic carbocycles. The van der Waals surface area contributed by atoms with E-state index in [0.717, 1.165) is 12.1 Å². The van der Waals surface area contributed by atoms with Gasteiger partial charge in [-0.1, -0.05) is 19.9 Å². The summed E-state index contributed by atoms with van der Waals surface area (Å²) in [5.41, 5.74) is 0.756. The van der Waals surface area contributed by atoms with Gasteiger partial charge in [-0.2, -0.15) is 4.31 Å². The summed E-state index contributed by atoms with van der Waals surface area (Å²) in [5.74, 6) is -0.704. The van der Waals surface area contributed by atoms with E-state index in [2.05, 4.69) is 5.32 Å². The minimum atomic E-state index is -3.80. The quantitative estimate of drug-likeness (QED) is 0.841. The van der Waals surface area contributed by atoms with Gasteiger partial charge in [0.15, 0.2) is 0 Å². The molecule has 0 amide bonds. The van der Waals surface area contributed by atoms with Crippen LogP contribution in [0.15, 0.2) is 23.1 Å². The maximum atomic E-state index is 13.9. The Kier molecular flexibility index (Phi) is 6.10. The van der Waals surface area contributed by atoms with Gasteiger partial charge < -0.3 is 5.32 Å². The highest BCUT2D eigenvalue weighted by Gasteiger charge is 2.28. The third-order valence-corrected chi connectivity index (χ3v) is 5.21. The third-order valence-electron chi connectivity index (χ3n) is 3.05. The molecule has 0 radical (unpaired) electrons. The lowest BCUT2D eigenvalue weighted by Crippen LogP contribution is -2.37. The molecular formula is C14H23FN2O2S. The van der Waals surface area contributed by atoms with Crippen molar-refractivity contribution in [2.24, 2.45) is 0 Å². The zero-order chi connectivity index (χ0) is 15.3. The molecular weight excluding hydrogens is 279 g/mol. The molecule has 0 unspecified atom stereocenters. The summed E-state index contributed by atoms with van der Waals surface area (Å²) in [4.78, 5) is -0.247. The monoisotopic (exact) mass is 302 g/mol. The van der Waals surface area contributed by atoms with Crippen molar-refractivity contribution in [3.8, 4) is 0 Å². The summed E-state index contributed by atoms with van der Waals surface area (Å²) in [5, 5.41) is 3.10. The lowest BCUT2D eigenvalue weighted by Gasteiger charge is -2.24. The van der Waals surface area contributed by atoms with E-state index in [1.807, 2.05) is 6.92 Å². The average Bonchev–Trinajstić information content (AvgIpc) is 2.37. The summed E-state index contributed by atoms with van der Waals surface area (Å²) in [6.45, 7) is 8.87. The lowest BCUT2D eigenvalue weighted by atomic mass is 10.2. The van der Waals surface area contributed by atoms with Crippen LogP contribution in [0.2, 0.25) is 0 Å². The molecule has 1 N–H and O–H groups in total. The number of nitrogens with one attached hydrogen (secondary N) is 1. The van der Waals surface area contributed by atoms with Crippen LogP contribution in [0.5, 0.6) is 0 Å². The largest absolute Gasteiger partial charge is 0.313 e. The van der Waals surface area contributed by atoms with Crippen molar-refractivity contribution in [3.63, 3.8) is 0 Å². The number of hydrogen-bond donors (Lipinski definition) is 1. The van der Waals surface area contributed by atoms with Gasteiger partial charge in [-0.05, 0) is 38.1 Å². The van der Waals surface area contributed by atoms with Crippen LogP contribution in [-0.2, 0) is 16.6 Å². The topological polar surface area (TPSA) is 49.4 Å². The van der Waals surface area contributed by atoms with Crippen LogP contribution in [0.25, 0.3) is 0 Å². The molecule has 20 heavy (non-hydrogen) atoms. The van der Waals surface area contributed by atoms with Crippen molar-refractivity contribution in [3.05, 3.63) is 29.6 Å².